The van der Waals surface area contributed by atoms with Gasteiger partial charge in [-0.15, -0.1) is 0 Å². The molecule has 1 N–H and O–H groups in total. The number of aromatic nitrogens is 2. The summed E-state index contributed by atoms with van der Waals surface area (Å²) in [6.07, 6.45) is 0. The Kier molecular flexibility index (Phi) is 7.16. The zero-order valence-electron chi connectivity index (χ0n) is 14.8. The lowest BCUT2D eigenvalue weighted by atomic mass is 10.3. The predicted octanol–water partition coefficient (Wildman–Crippen LogP) is 3.54. The Morgan fingerprint density at radius 1 is 1.36 bits per heavy atom. The molecule has 1 heterocycles. The molecule has 0 aliphatic carbocycles. The second kappa shape index (κ2) is 9.12. The number of aryl methyl sites for hydroxylation is 1. The number of hydrogen-bond acceptors (Lipinski definition) is 5. The predicted molar refractivity (Wildman–Crippen MR) is 101 cm³/mol. The summed E-state index contributed by atoms with van der Waals surface area (Å²) in [4.78, 5) is 16.8. The first kappa shape index (κ1) is 19.6. The number of ether oxygens (including phenoxy) is 2. The average molecular weight is 384 g/mol. The van der Waals surface area contributed by atoms with Gasteiger partial charge in [0, 0.05) is 24.4 Å². The molecule has 0 radical (unpaired) electrons. The van der Waals surface area contributed by atoms with Gasteiger partial charge in [0.15, 0.2) is 5.16 Å². The number of nitrogens with zero attached hydrogens (tertiary/aromatic N) is 2. The highest BCUT2D eigenvalue weighted by Gasteiger charge is 2.14. The molecule has 0 atom stereocenters. The summed E-state index contributed by atoms with van der Waals surface area (Å²) in [6, 6.07) is 5.09. The quantitative estimate of drug-likeness (QED) is 0.706. The summed E-state index contributed by atoms with van der Waals surface area (Å²) in [5, 5.41) is 4.16. The van der Waals surface area contributed by atoms with Crippen molar-refractivity contribution in [2.45, 2.75) is 25.5 Å². The molecule has 0 unspecified atom stereocenters. The van der Waals surface area contributed by atoms with Gasteiger partial charge in [-0.3, -0.25) is 4.79 Å². The lowest BCUT2D eigenvalue weighted by molar-refractivity contribution is -0.113. The average Bonchev–Trinajstić information content (AvgIpc) is 2.85. The molecule has 8 heteroatoms. The van der Waals surface area contributed by atoms with Gasteiger partial charge in [-0.1, -0.05) is 23.4 Å². The number of carbonyl (C=O) groups excluding carboxylic acids is 1. The van der Waals surface area contributed by atoms with Crippen LogP contribution in [0.5, 0.6) is 5.75 Å². The van der Waals surface area contributed by atoms with E-state index in [4.69, 9.17) is 21.1 Å². The van der Waals surface area contributed by atoms with Gasteiger partial charge < -0.3 is 19.4 Å². The lowest BCUT2D eigenvalue weighted by Crippen LogP contribution is -2.15. The highest BCUT2D eigenvalue weighted by Crippen LogP contribution is 2.28. The summed E-state index contributed by atoms with van der Waals surface area (Å²) >= 11 is 7.37. The highest BCUT2D eigenvalue weighted by atomic mass is 35.5. The number of methoxy groups -OCH3 is 2. The largest absolute Gasteiger partial charge is 0.495 e. The SMILES string of the molecule is COCCn1c(SCC(=O)Nc2cc(Cl)ccc2OC)nc(C)c1C. The topological polar surface area (TPSA) is 65.4 Å². The molecule has 0 fully saturated rings. The number of anilines is 1. The second-order valence-corrected chi connectivity index (χ2v) is 6.77. The molecule has 25 heavy (non-hydrogen) atoms. The van der Waals surface area contributed by atoms with E-state index in [1.807, 2.05) is 13.8 Å². The first-order valence-electron chi connectivity index (χ1n) is 7.75. The van der Waals surface area contributed by atoms with Crippen molar-refractivity contribution in [1.82, 2.24) is 9.55 Å². The number of nitrogens with one attached hydrogen (secondary N) is 1. The van der Waals surface area contributed by atoms with Crippen molar-refractivity contribution in [1.29, 1.82) is 0 Å². The first-order chi connectivity index (χ1) is 12.0. The van der Waals surface area contributed by atoms with E-state index < -0.39 is 0 Å². The molecule has 2 aromatic rings. The molecular formula is C17H22ClN3O3S. The van der Waals surface area contributed by atoms with Gasteiger partial charge in [-0.05, 0) is 32.0 Å². The van der Waals surface area contributed by atoms with Crippen LogP contribution in [-0.2, 0) is 16.1 Å². The van der Waals surface area contributed by atoms with Gasteiger partial charge in [-0.2, -0.15) is 0 Å². The molecule has 2 rings (SSSR count). The fraction of sp³-hybridized carbons (Fsp3) is 0.412. The molecule has 0 aliphatic rings. The Bertz CT molecular complexity index is 749. The molecule has 0 bridgehead atoms. The van der Waals surface area contributed by atoms with E-state index in [0.717, 1.165) is 16.5 Å². The van der Waals surface area contributed by atoms with E-state index in [-0.39, 0.29) is 11.7 Å². The molecule has 0 saturated heterocycles. The Balaban J connectivity index is 2.03. The van der Waals surface area contributed by atoms with Gasteiger partial charge in [0.25, 0.3) is 0 Å². The Hall–Kier alpha value is -1.70. The number of amides is 1. The van der Waals surface area contributed by atoms with Crippen molar-refractivity contribution in [3.63, 3.8) is 0 Å². The maximum Gasteiger partial charge on any atom is 0.234 e. The summed E-state index contributed by atoms with van der Waals surface area (Å²) in [5.41, 5.74) is 2.59. The fourth-order valence-corrected chi connectivity index (χ4v) is 3.36. The minimum absolute atomic E-state index is 0.151. The van der Waals surface area contributed by atoms with E-state index in [0.29, 0.717) is 29.6 Å². The van der Waals surface area contributed by atoms with Crippen LogP contribution in [0.1, 0.15) is 11.4 Å². The third-order valence-electron chi connectivity index (χ3n) is 3.71. The third kappa shape index (κ3) is 5.14. The van der Waals surface area contributed by atoms with Crippen LogP contribution in [0.15, 0.2) is 23.4 Å². The van der Waals surface area contributed by atoms with E-state index in [2.05, 4.69) is 14.9 Å². The van der Waals surface area contributed by atoms with Crippen LogP contribution >= 0.6 is 23.4 Å². The molecular weight excluding hydrogens is 362 g/mol. The normalized spacial score (nSPS) is 10.8. The molecule has 0 aliphatic heterocycles. The van der Waals surface area contributed by atoms with Crippen molar-refractivity contribution in [3.05, 3.63) is 34.6 Å². The summed E-state index contributed by atoms with van der Waals surface area (Å²) in [6.45, 7) is 5.27. The van der Waals surface area contributed by atoms with Crippen LogP contribution < -0.4 is 10.1 Å². The van der Waals surface area contributed by atoms with Crippen molar-refractivity contribution in [2.75, 3.05) is 31.9 Å². The second-order valence-electron chi connectivity index (χ2n) is 5.39. The summed E-state index contributed by atoms with van der Waals surface area (Å²) in [5.74, 6) is 0.650. The molecule has 1 aromatic heterocycles. The standard InChI is InChI=1S/C17H22ClN3O3S/c1-11-12(2)21(7-8-23-3)17(19-11)25-10-16(22)20-14-9-13(18)5-6-15(14)24-4/h5-6,9H,7-8,10H2,1-4H3,(H,20,22). The minimum Gasteiger partial charge on any atom is -0.495 e. The Morgan fingerprint density at radius 3 is 2.80 bits per heavy atom. The number of carbonyl (C=O) groups is 1. The maximum atomic E-state index is 12.3. The van der Waals surface area contributed by atoms with Gasteiger partial charge in [0.2, 0.25) is 5.91 Å². The van der Waals surface area contributed by atoms with Gasteiger partial charge >= 0.3 is 0 Å². The van der Waals surface area contributed by atoms with Crippen LogP contribution in [0.4, 0.5) is 5.69 Å². The van der Waals surface area contributed by atoms with Gasteiger partial charge in [0.1, 0.15) is 5.75 Å². The van der Waals surface area contributed by atoms with Crippen molar-refractivity contribution in [2.24, 2.45) is 0 Å². The van der Waals surface area contributed by atoms with Crippen LogP contribution in [0.25, 0.3) is 0 Å². The van der Waals surface area contributed by atoms with Crippen LogP contribution in [0, 0.1) is 13.8 Å². The molecule has 1 aromatic carbocycles. The number of halogens is 1. The fourth-order valence-electron chi connectivity index (χ4n) is 2.27. The zero-order chi connectivity index (χ0) is 18.4. The van der Waals surface area contributed by atoms with Crippen molar-refractivity contribution < 1.29 is 14.3 Å². The first-order valence-corrected chi connectivity index (χ1v) is 9.11. The number of benzene rings is 1. The third-order valence-corrected chi connectivity index (χ3v) is 4.92. The number of rotatable bonds is 8. The molecule has 0 saturated carbocycles. The van der Waals surface area contributed by atoms with Gasteiger partial charge in [-0.25, -0.2) is 4.98 Å². The maximum absolute atomic E-state index is 12.3. The zero-order valence-corrected chi connectivity index (χ0v) is 16.3. The monoisotopic (exact) mass is 383 g/mol. The number of thioether (sulfide) groups is 1. The number of imidazole rings is 1. The smallest absolute Gasteiger partial charge is 0.234 e. The molecule has 136 valence electrons. The molecule has 0 spiro atoms. The van der Waals surface area contributed by atoms with Crippen LogP contribution in [-0.4, -0.2) is 42.0 Å². The lowest BCUT2D eigenvalue weighted by Gasteiger charge is -2.11. The molecule has 1 amide bonds. The van der Waals surface area contributed by atoms with Crippen LogP contribution in [0.3, 0.4) is 0 Å². The van der Waals surface area contributed by atoms with E-state index in [1.165, 1.54) is 11.8 Å². The Morgan fingerprint density at radius 2 is 2.12 bits per heavy atom. The number of hydrogen-bond donors (Lipinski definition) is 1. The summed E-state index contributed by atoms with van der Waals surface area (Å²) in [7, 11) is 3.21. The molecule has 6 nitrogen and oxygen atoms in total. The Labute approximate surface area is 156 Å². The van der Waals surface area contributed by atoms with Crippen molar-refractivity contribution >= 4 is 35.0 Å². The van der Waals surface area contributed by atoms with Crippen LogP contribution in [0.2, 0.25) is 5.02 Å². The summed E-state index contributed by atoms with van der Waals surface area (Å²) < 4.78 is 12.4. The van der Waals surface area contributed by atoms with E-state index in [9.17, 15) is 4.79 Å². The van der Waals surface area contributed by atoms with Crippen molar-refractivity contribution in [3.8, 4) is 5.75 Å². The van der Waals surface area contributed by atoms with Gasteiger partial charge in [0.05, 0.1) is 30.9 Å². The minimum atomic E-state index is -0.151. The highest BCUT2D eigenvalue weighted by molar-refractivity contribution is 7.99. The van der Waals surface area contributed by atoms with E-state index >= 15 is 0 Å². The van der Waals surface area contributed by atoms with E-state index in [1.54, 1.807) is 32.4 Å².